The van der Waals surface area contributed by atoms with Crippen molar-refractivity contribution in [1.82, 2.24) is 9.88 Å². The lowest BCUT2D eigenvalue weighted by atomic mass is 10.1. The number of aromatic amines is 1. The number of hydrogen-bond acceptors (Lipinski definition) is 2. The first-order valence-electron chi connectivity index (χ1n) is 5.21. The first kappa shape index (κ1) is 11.3. The van der Waals surface area contributed by atoms with Crippen LogP contribution >= 0.6 is 11.6 Å². The minimum atomic E-state index is 0.139. The molecule has 0 saturated heterocycles. The van der Waals surface area contributed by atoms with Gasteiger partial charge in [0.15, 0.2) is 0 Å². The molecule has 0 aliphatic carbocycles. The van der Waals surface area contributed by atoms with E-state index >= 15 is 0 Å². The molecule has 2 aromatic rings. The van der Waals surface area contributed by atoms with E-state index in [9.17, 15) is 5.11 Å². The van der Waals surface area contributed by atoms with Gasteiger partial charge in [0.1, 0.15) is 5.75 Å². The van der Waals surface area contributed by atoms with Gasteiger partial charge in [0.2, 0.25) is 0 Å². The average Bonchev–Trinajstić information content (AvgIpc) is 2.64. The third kappa shape index (κ3) is 2.01. The summed E-state index contributed by atoms with van der Waals surface area (Å²) in [6, 6.07) is 3.45. The van der Waals surface area contributed by atoms with E-state index in [0.717, 1.165) is 29.4 Å². The van der Waals surface area contributed by atoms with Crippen LogP contribution in [0.15, 0.2) is 18.3 Å². The monoisotopic (exact) mass is 238 g/mol. The van der Waals surface area contributed by atoms with Crippen LogP contribution in [0.1, 0.15) is 5.56 Å². The number of fused-ring (bicyclic) bond motifs is 1. The van der Waals surface area contributed by atoms with Crippen LogP contribution in [0.25, 0.3) is 10.9 Å². The molecule has 2 rings (SSSR count). The van der Waals surface area contributed by atoms with Gasteiger partial charge in [0.05, 0.1) is 5.02 Å². The Bertz CT molecular complexity index is 505. The Balaban J connectivity index is 2.42. The van der Waals surface area contributed by atoms with Crippen molar-refractivity contribution in [3.05, 3.63) is 28.9 Å². The molecule has 0 aliphatic heterocycles. The number of aromatic hydroxyl groups is 1. The zero-order valence-corrected chi connectivity index (χ0v) is 10.2. The maximum atomic E-state index is 9.58. The van der Waals surface area contributed by atoms with Crippen LogP contribution in [0, 0.1) is 0 Å². The first-order valence-corrected chi connectivity index (χ1v) is 5.59. The third-order valence-electron chi connectivity index (χ3n) is 2.67. The van der Waals surface area contributed by atoms with E-state index in [1.165, 1.54) is 0 Å². The third-order valence-corrected chi connectivity index (χ3v) is 3.06. The van der Waals surface area contributed by atoms with Gasteiger partial charge < -0.3 is 15.0 Å². The Morgan fingerprint density at radius 2 is 2.12 bits per heavy atom. The van der Waals surface area contributed by atoms with Gasteiger partial charge in [-0.1, -0.05) is 11.6 Å². The molecule has 3 nitrogen and oxygen atoms in total. The van der Waals surface area contributed by atoms with Crippen LogP contribution in [-0.2, 0) is 6.42 Å². The number of nitrogens with zero attached hydrogens (tertiary/aromatic N) is 1. The Labute approximate surface area is 99.6 Å². The molecule has 0 spiro atoms. The van der Waals surface area contributed by atoms with Gasteiger partial charge >= 0.3 is 0 Å². The Kier molecular flexibility index (Phi) is 3.08. The lowest BCUT2D eigenvalue weighted by molar-refractivity contribution is 0.414. The highest BCUT2D eigenvalue weighted by atomic mass is 35.5. The van der Waals surface area contributed by atoms with Crippen LogP contribution in [0.4, 0.5) is 0 Å². The van der Waals surface area contributed by atoms with Crippen LogP contribution in [-0.4, -0.2) is 35.6 Å². The Hall–Kier alpha value is -1.19. The predicted molar refractivity (Wildman–Crippen MR) is 67.2 cm³/mol. The minimum absolute atomic E-state index is 0.139. The van der Waals surface area contributed by atoms with E-state index in [1.54, 1.807) is 6.07 Å². The topological polar surface area (TPSA) is 39.3 Å². The lowest BCUT2D eigenvalue weighted by Gasteiger charge is -2.08. The highest BCUT2D eigenvalue weighted by molar-refractivity contribution is 6.37. The number of H-pyrrole nitrogens is 1. The van der Waals surface area contributed by atoms with E-state index in [1.807, 2.05) is 26.4 Å². The molecule has 0 fully saturated rings. The van der Waals surface area contributed by atoms with E-state index < -0.39 is 0 Å². The smallest absolute Gasteiger partial charge is 0.134 e. The number of benzene rings is 1. The molecule has 0 aliphatic rings. The van der Waals surface area contributed by atoms with Crippen LogP contribution in [0.3, 0.4) is 0 Å². The Morgan fingerprint density at radius 3 is 2.81 bits per heavy atom. The average molecular weight is 239 g/mol. The number of rotatable bonds is 3. The summed E-state index contributed by atoms with van der Waals surface area (Å²) >= 11 is 6.10. The second-order valence-corrected chi connectivity index (χ2v) is 4.57. The van der Waals surface area contributed by atoms with E-state index in [4.69, 9.17) is 11.6 Å². The van der Waals surface area contributed by atoms with Gasteiger partial charge in [-0.2, -0.15) is 0 Å². The molecule has 0 saturated carbocycles. The van der Waals surface area contributed by atoms with E-state index in [-0.39, 0.29) is 5.75 Å². The summed E-state index contributed by atoms with van der Waals surface area (Å²) in [5.41, 5.74) is 2.11. The van der Waals surface area contributed by atoms with Crippen molar-refractivity contribution in [2.45, 2.75) is 6.42 Å². The second-order valence-electron chi connectivity index (χ2n) is 4.19. The van der Waals surface area contributed by atoms with Gasteiger partial charge in [-0.05, 0) is 38.2 Å². The zero-order chi connectivity index (χ0) is 11.7. The zero-order valence-electron chi connectivity index (χ0n) is 9.42. The van der Waals surface area contributed by atoms with Gasteiger partial charge in [0, 0.05) is 23.6 Å². The van der Waals surface area contributed by atoms with Crippen molar-refractivity contribution in [2.75, 3.05) is 20.6 Å². The quantitative estimate of drug-likeness (QED) is 0.863. The molecule has 0 atom stereocenters. The molecule has 1 aromatic carbocycles. The molecule has 4 heteroatoms. The molecular weight excluding hydrogens is 224 g/mol. The van der Waals surface area contributed by atoms with Crippen LogP contribution in [0.2, 0.25) is 5.02 Å². The number of hydrogen-bond donors (Lipinski definition) is 2. The fraction of sp³-hybridized carbons (Fsp3) is 0.333. The highest BCUT2D eigenvalue weighted by Gasteiger charge is 2.10. The van der Waals surface area contributed by atoms with Crippen molar-refractivity contribution in [3.8, 4) is 5.75 Å². The first-order chi connectivity index (χ1) is 7.59. The normalized spacial score (nSPS) is 11.5. The van der Waals surface area contributed by atoms with Crippen molar-refractivity contribution >= 4 is 22.5 Å². The predicted octanol–water partition coefficient (Wildman–Crippen LogP) is 2.63. The molecule has 1 heterocycles. The standard InChI is InChI=1S/C12H15ClN2O/c1-15(2)6-5-8-7-14-9-3-4-10(16)12(13)11(8)9/h3-4,7,14,16H,5-6H2,1-2H3. The second kappa shape index (κ2) is 4.36. The van der Waals surface area contributed by atoms with Crippen molar-refractivity contribution < 1.29 is 5.11 Å². The molecule has 0 amide bonds. The highest BCUT2D eigenvalue weighted by Crippen LogP contribution is 2.33. The summed E-state index contributed by atoms with van der Waals surface area (Å²) in [7, 11) is 4.07. The lowest BCUT2D eigenvalue weighted by Crippen LogP contribution is -2.14. The number of phenolic OH excluding ortho intramolecular Hbond substituents is 1. The Morgan fingerprint density at radius 1 is 1.38 bits per heavy atom. The van der Waals surface area contributed by atoms with Gasteiger partial charge in [-0.3, -0.25) is 0 Å². The SMILES string of the molecule is CN(C)CCc1c[nH]c2ccc(O)c(Cl)c12. The molecule has 0 bridgehead atoms. The van der Waals surface area contributed by atoms with Gasteiger partial charge in [-0.15, -0.1) is 0 Å². The fourth-order valence-electron chi connectivity index (χ4n) is 1.78. The van der Waals surface area contributed by atoms with Crippen LogP contribution < -0.4 is 0 Å². The molecule has 0 radical (unpaired) electrons. The van der Waals surface area contributed by atoms with Crippen molar-refractivity contribution in [1.29, 1.82) is 0 Å². The largest absolute Gasteiger partial charge is 0.506 e. The molecule has 16 heavy (non-hydrogen) atoms. The van der Waals surface area contributed by atoms with E-state index in [0.29, 0.717) is 5.02 Å². The van der Waals surface area contributed by atoms with Gasteiger partial charge in [0.25, 0.3) is 0 Å². The fourth-order valence-corrected chi connectivity index (χ4v) is 2.06. The number of phenols is 1. The van der Waals surface area contributed by atoms with Crippen molar-refractivity contribution in [2.24, 2.45) is 0 Å². The molecular formula is C12H15ClN2O. The maximum absolute atomic E-state index is 9.58. The summed E-state index contributed by atoms with van der Waals surface area (Å²) in [5.74, 6) is 0.139. The molecule has 2 N–H and O–H groups in total. The van der Waals surface area contributed by atoms with Crippen LogP contribution in [0.5, 0.6) is 5.75 Å². The minimum Gasteiger partial charge on any atom is -0.506 e. The molecule has 86 valence electrons. The van der Waals surface area contributed by atoms with Gasteiger partial charge in [-0.25, -0.2) is 0 Å². The summed E-state index contributed by atoms with van der Waals surface area (Å²) < 4.78 is 0. The number of aromatic nitrogens is 1. The van der Waals surface area contributed by atoms with Crippen molar-refractivity contribution in [3.63, 3.8) is 0 Å². The van der Waals surface area contributed by atoms with E-state index in [2.05, 4.69) is 9.88 Å². The summed E-state index contributed by atoms with van der Waals surface area (Å²) in [5, 5.41) is 11.0. The summed E-state index contributed by atoms with van der Waals surface area (Å²) in [6.45, 7) is 0.957. The maximum Gasteiger partial charge on any atom is 0.134 e. The number of halogens is 1. The summed E-state index contributed by atoms with van der Waals surface area (Å²) in [4.78, 5) is 5.29. The number of nitrogens with one attached hydrogen (secondary N) is 1. The number of likely N-dealkylation sites (N-methyl/N-ethyl adjacent to an activating group) is 1. The molecule has 1 aromatic heterocycles. The molecule has 0 unspecified atom stereocenters. The summed E-state index contributed by atoms with van der Waals surface area (Å²) in [6.07, 6.45) is 2.87.